The van der Waals surface area contributed by atoms with Crippen molar-refractivity contribution in [3.63, 3.8) is 0 Å². The summed E-state index contributed by atoms with van der Waals surface area (Å²) in [6.07, 6.45) is -5.70. The number of methoxy groups -OCH3 is 1. The van der Waals surface area contributed by atoms with Crippen molar-refractivity contribution in [3.8, 4) is 5.75 Å². The summed E-state index contributed by atoms with van der Waals surface area (Å²) in [5, 5.41) is 12.6. The summed E-state index contributed by atoms with van der Waals surface area (Å²) in [6, 6.07) is 7.83. The van der Waals surface area contributed by atoms with E-state index >= 15 is 0 Å². The molecule has 0 spiro atoms. The number of hydrogen-bond donors (Lipinski definition) is 3. The summed E-state index contributed by atoms with van der Waals surface area (Å²) in [4.78, 5) is 36.9. The summed E-state index contributed by atoms with van der Waals surface area (Å²) in [6.45, 7) is 0.745. The highest BCUT2D eigenvalue weighted by atomic mass is 31.2. The number of para-hydroxylation sites is 1. The number of nitrogens with one attached hydrogen (secondary N) is 2. The van der Waals surface area contributed by atoms with E-state index in [2.05, 4.69) is 9.82 Å². The van der Waals surface area contributed by atoms with Gasteiger partial charge in [0.05, 0.1) is 13.7 Å². The fourth-order valence-electron chi connectivity index (χ4n) is 3.04. The minimum absolute atomic E-state index is 0.152. The number of carbonyl (C=O) groups is 1. The second-order valence-corrected chi connectivity index (χ2v) is 8.78. The number of hydrogen-bond acceptors (Lipinski definition) is 9. The second kappa shape index (κ2) is 10.4. The Morgan fingerprint density at radius 1 is 1.33 bits per heavy atom. The molecule has 1 unspecified atom stereocenters. The van der Waals surface area contributed by atoms with Gasteiger partial charge in [-0.15, -0.1) is 0 Å². The highest BCUT2D eigenvalue weighted by molar-refractivity contribution is 7.52. The van der Waals surface area contributed by atoms with Gasteiger partial charge < -0.3 is 19.1 Å². The van der Waals surface area contributed by atoms with Crippen molar-refractivity contribution in [2.45, 2.75) is 37.6 Å². The lowest BCUT2D eigenvalue weighted by Crippen LogP contribution is -2.36. The highest BCUT2D eigenvalue weighted by Crippen LogP contribution is 2.46. The summed E-state index contributed by atoms with van der Waals surface area (Å²) in [7, 11) is -3.11. The zero-order chi connectivity index (χ0) is 24.2. The minimum atomic E-state index is -4.25. The smallest absolute Gasteiger partial charge is 0.459 e. The normalized spacial score (nSPS) is 25.2. The van der Waals surface area contributed by atoms with Crippen LogP contribution in [0.1, 0.15) is 13.2 Å². The van der Waals surface area contributed by atoms with Gasteiger partial charge in [0, 0.05) is 12.3 Å². The first-order valence-electron chi connectivity index (χ1n) is 9.77. The van der Waals surface area contributed by atoms with Gasteiger partial charge in [-0.1, -0.05) is 18.2 Å². The quantitative estimate of drug-likeness (QED) is 0.336. The van der Waals surface area contributed by atoms with Crippen molar-refractivity contribution in [2.75, 3.05) is 13.7 Å². The molecule has 1 saturated heterocycles. The van der Waals surface area contributed by atoms with Gasteiger partial charge in [-0.2, -0.15) is 5.09 Å². The summed E-state index contributed by atoms with van der Waals surface area (Å²) >= 11 is 0. The zero-order valence-corrected chi connectivity index (χ0v) is 18.5. The largest absolute Gasteiger partial charge is 0.468 e. The first-order chi connectivity index (χ1) is 15.6. The standard InChI is InChI=1S/C19H23FN3O9P/c1-11(18(26)29-2)22-33(28,32-12-6-4-3-5-7-12)30-10-13-16(25)15(20)17(31-13)23-9-8-14(24)21-19(23)27/h3-9,11,13,15-17,25H,10H2,1-2H3,(H,22,28)(H,21,24,27)/t11-,13+,15-,16+,17+,33?/m0/s1. The van der Waals surface area contributed by atoms with Crippen LogP contribution in [0.3, 0.4) is 0 Å². The molecule has 2 heterocycles. The molecular weight excluding hydrogens is 464 g/mol. The molecule has 1 aromatic carbocycles. The Kier molecular flexibility index (Phi) is 7.82. The highest BCUT2D eigenvalue weighted by Gasteiger charge is 2.47. The number of rotatable bonds is 9. The Labute approximate surface area is 186 Å². The van der Waals surface area contributed by atoms with Crippen molar-refractivity contribution in [1.29, 1.82) is 0 Å². The van der Waals surface area contributed by atoms with E-state index in [0.29, 0.717) is 0 Å². The number of ether oxygens (including phenoxy) is 2. The number of alkyl halides is 1. The van der Waals surface area contributed by atoms with Crippen LogP contribution in [0.2, 0.25) is 0 Å². The summed E-state index contributed by atoms with van der Waals surface area (Å²) in [5.41, 5.74) is -1.62. The van der Waals surface area contributed by atoms with Gasteiger partial charge in [0.15, 0.2) is 12.4 Å². The maximum absolute atomic E-state index is 14.7. The number of esters is 1. The van der Waals surface area contributed by atoms with E-state index in [4.69, 9.17) is 13.8 Å². The molecule has 1 aromatic heterocycles. The molecule has 1 aliphatic heterocycles. The number of aromatic nitrogens is 2. The van der Waals surface area contributed by atoms with E-state index in [-0.39, 0.29) is 5.75 Å². The molecule has 12 nitrogen and oxygen atoms in total. The molecule has 0 amide bonds. The summed E-state index contributed by atoms with van der Waals surface area (Å²) in [5.74, 6) is -0.590. The molecule has 0 radical (unpaired) electrons. The Balaban J connectivity index is 1.76. The molecular formula is C19H23FN3O9P. The van der Waals surface area contributed by atoms with E-state index in [1.165, 1.54) is 19.1 Å². The van der Waals surface area contributed by atoms with Crippen LogP contribution in [-0.4, -0.2) is 58.8 Å². The lowest BCUT2D eigenvalue weighted by molar-refractivity contribution is -0.142. The topological polar surface area (TPSA) is 158 Å². The molecule has 6 atom stereocenters. The average molecular weight is 487 g/mol. The van der Waals surface area contributed by atoms with Crippen molar-refractivity contribution < 1.29 is 37.4 Å². The second-order valence-electron chi connectivity index (χ2n) is 7.09. The fourth-order valence-corrected chi connectivity index (χ4v) is 4.54. The molecule has 180 valence electrons. The van der Waals surface area contributed by atoms with Crippen LogP contribution in [0.4, 0.5) is 4.39 Å². The predicted octanol–water partition coefficient (Wildman–Crippen LogP) is 0.488. The number of H-pyrrole nitrogens is 1. The Hall–Kier alpha value is -2.83. The van der Waals surface area contributed by atoms with Gasteiger partial charge in [-0.3, -0.25) is 23.7 Å². The van der Waals surface area contributed by atoms with Crippen LogP contribution in [0.15, 0.2) is 52.2 Å². The number of benzene rings is 1. The van der Waals surface area contributed by atoms with Crippen molar-refractivity contribution in [1.82, 2.24) is 14.6 Å². The molecule has 14 heteroatoms. The van der Waals surface area contributed by atoms with Crippen LogP contribution in [-0.2, 0) is 23.4 Å². The SMILES string of the molecule is COC(=O)[C@H](C)NP(=O)(OC[C@H]1O[C@@H](n2ccc(=O)[nH]c2=O)[C@@H](F)[C@@H]1O)Oc1ccccc1. The number of halogens is 1. The zero-order valence-electron chi connectivity index (χ0n) is 17.6. The first kappa shape index (κ1) is 24.8. The molecule has 1 fully saturated rings. The fraction of sp³-hybridized carbons (Fsp3) is 0.421. The van der Waals surface area contributed by atoms with Crippen molar-refractivity contribution in [3.05, 3.63) is 63.4 Å². The average Bonchev–Trinajstić information content (AvgIpc) is 3.06. The lowest BCUT2D eigenvalue weighted by atomic mass is 10.1. The van der Waals surface area contributed by atoms with Crippen molar-refractivity contribution >= 4 is 13.7 Å². The van der Waals surface area contributed by atoms with Crippen LogP contribution >= 0.6 is 7.75 Å². The van der Waals surface area contributed by atoms with Crippen LogP contribution in [0.5, 0.6) is 5.75 Å². The van der Waals surface area contributed by atoms with E-state index in [1.807, 2.05) is 4.98 Å². The molecule has 2 aromatic rings. The molecule has 33 heavy (non-hydrogen) atoms. The number of aliphatic hydroxyl groups is 1. The van der Waals surface area contributed by atoms with Crippen LogP contribution in [0.25, 0.3) is 0 Å². The van der Waals surface area contributed by atoms with Gasteiger partial charge in [-0.05, 0) is 19.1 Å². The van der Waals surface area contributed by atoms with Gasteiger partial charge in [0.1, 0.15) is 24.0 Å². The number of aliphatic hydroxyl groups excluding tert-OH is 1. The number of aromatic amines is 1. The van der Waals surface area contributed by atoms with Gasteiger partial charge in [0.2, 0.25) is 0 Å². The lowest BCUT2D eigenvalue weighted by Gasteiger charge is -2.24. The molecule has 1 aliphatic rings. The maximum atomic E-state index is 14.7. The van der Waals surface area contributed by atoms with Crippen molar-refractivity contribution in [2.24, 2.45) is 0 Å². The molecule has 0 aliphatic carbocycles. The Morgan fingerprint density at radius 2 is 2.03 bits per heavy atom. The first-order valence-corrected chi connectivity index (χ1v) is 11.3. The number of carbonyl (C=O) groups excluding carboxylic acids is 1. The molecule has 3 rings (SSSR count). The van der Waals surface area contributed by atoms with E-state index in [9.17, 15) is 28.4 Å². The van der Waals surface area contributed by atoms with E-state index in [0.717, 1.165) is 23.9 Å². The molecule has 3 N–H and O–H groups in total. The third kappa shape index (κ3) is 5.95. The third-order valence-corrected chi connectivity index (χ3v) is 6.35. The van der Waals surface area contributed by atoms with Gasteiger partial charge >= 0.3 is 19.4 Å². The Bertz CT molecular complexity index is 1130. The van der Waals surface area contributed by atoms with E-state index in [1.54, 1.807) is 18.2 Å². The summed E-state index contributed by atoms with van der Waals surface area (Å²) < 4.78 is 49.5. The van der Waals surface area contributed by atoms with E-state index < -0.39 is 62.2 Å². The molecule has 0 bridgehead atoms. The van der Waals surface area contributed by atoms with Crippen LogP contribution in [0, 0.1) is 0 Å². The monoisotopic (exact) mass is 487 g/mol. The van der Waals surface area contributed by atoms with Crippen LogP contribution < -0.4 is 20.9 Å². The molecule has 0 saturated carbocycles. The van der Waals surface area contributed by atoms with Gasteiger partial charge in [0.25, 0.3) is 5.56 Å². The maximum Gasteiger partial charge on any atom is 0.459 e. The number of nitrogens with zero attached hydrogens (tertiary/aromatic N) is 1. The third-order valence-electron chi connectivity index (χ3n) is 4.70. The predicted molar refractivity (Wildman–Crippen MR) is 111 cm³/mol. The Morgan fingerprint density at radius 3 is 2.67 bits per heavy atom. The van der Waals surface area contributed by atoms with Gasteiger partial charge in [-0.25, -0.2) is 13.8 Å². The minimum Gasteiger partial charge on any atom is -0.468 e.